The first-order valence-corrected chi connectivity index (χ1v) is 7.40. The zero-order valence-corrected chi connectivity index (χ0v) is 11.5. The molecule has 1 aromatic rings. The van der Waals surface area contributed by atoms with Crippen LogP contribution >= 0.6 is 11.8 Å². The van der Waals surface area contributed by atoms with E-state index >= 15 is 0 Å². The molecule has 0 radical (unpaired) electrons. The molecule has 1 saturated heterocycles. The minimum atomic E-state index is -0.182. The Bertz CT molecular complexity index is 403. The van der Waals surface area contributed by atoms with Gasteiger partial charge in [0.1, 0.15) is 0 Å². The van der Waals surface area contributed by atoms with Crippen molar-refractivity contribution in [2.24, 2.45) is 0 Å². The highest BCUT2D eigenvalue weighted by Crippen LogP contribution is 2.18. The van der Waals surface area contributed by atoms with Crippen molar-refractivity contribution < 1.29 is 9.53 Å². The lowest BCUT2D eigenvalue weighted by molar-refractivity contribution is -0.139. The maximum Gasteiger partial charge on any atom is 0.309 e. The molecule has 4 heteroatoms. The van der Waals surface area contributed by atoms with Crippen LogP contribution in [0, 0.1) is 0 Å². The molecule has 98 valence electrons. The maximum absolute atomic E-state index is 11.3. The molecule has 1 atom stereocenters. The number of esters is 1. The normalized spacial score (nSPS) is 18.8. The number of hydrogen-bond donors (Lipinski definition) is 1. The van der Waals surface area contributed by atoms with Crippen molar-refractivity contribution in [1.82, 2.24) is 5.32 Å². The van der Waals surface area contributed by atoms with Crippen LogP contribution in [0.5, 0.6) is 0 Å². The molecule has 18 heavy (non-hydrogen) atoms. The van der Waals surface area contributed by atoms with Gasteiger partial charge in [0, 0.05) is 18.3 Å². The molecule has 1 heterocycles. The Kier molecular flexibility index (Phi) is 5.08. The number of hydrogen-bond acceptors (Lipinski definition) is 4. The fourth-order valence-electron chi connectivity index (χ4n) is 2.08. The smallest absolute Gasteiger partial charge is 0.309 e. The summed E-state index contributed by atoms with van der Waals surface area (Å²) in [5.41, 5.74) is 2.25. The molecule has 2 rings (SSSR count). The SMILES string of the molecule is COC(=O)Cc1ccccc1CNC1CCSC1. The van der Waals surface area contributed by atoms with Crippen molar-refractivity contribution in [2.75, 3.05) is 18.6 Å². The number of methoxy groups -OCH3 is 1. The van der Waals surface area contributed by atoms with Gasteiger partial charge in [-0.3, -0.25) is 4.79 Å². The van der Waals surface area contributed by atoms with Gasteiger partial charge in [0.15, 0.2) is 0 Å². The summed E-state index contributed by atoms with van der Waals surface area (Å²) in [6.07, 6.45) is 1.59. The van der Waals surface area contributed by atoms with Gasteiger partial charge in [-0.25, -0.2) is 0 Å². The number of carbonyl (C=O) groups excluding carboxylic acids is 1. The van der Waals surface area contributed by atoms with Crippen LogP contribution in [0.4, 0.5) is 0 Å². The van der Waals surface area contributed by atoms with Gasteiger partial charge < -0.3 is 10.1 Å². The van der Waals surface area contributed by atoms with Crippen molar-refractivity contribution in [1.29, 1.82) is 0 Å². The zero-order chi connectivity index (χ0) is 12.8. The second-order valence-electron chi connectivity index (χ2n) is 4.46. The van der Waals surface area contributed by atoms with Gasteiger partial charge in [0.05, 0.1) is 13.5 Å². The van der Waals surface area contributed by atoms with Crippen LogP contribution < -0.4 is 5.32 Å². The van der Waals surface area contributed by atoms with Crippen molar-refractivity contribution in [3.8, 4) is 0 Å². The van der Waals surface area contributed by atoms with Gasteiger partial charge >= 0.3 is 5.97 Å². The number of nitrogens with one attached hydrogen (secondary N) is 1. The molecule has 0 aliphatic carbocycles. The first-order valence-electron chi connectivity index (χ1n) is 6.24. The van der Waals surface area contributed by atoms with Gasteiger partial charge in [0.25, 0.3) is 0 Å². The lowest BCUT2D eigenvalue weighted by atomic mass is 10.0. The van der Waals surface area contributed by atoms with Crippen LogP contribution in [0.25, 0.3) is 0 Å². The fourth-order valence-corrected chi connectivity index (χ4v) is 3.27. The largest absolute Gasteiger partial charge is 0.469 e. The van der Waals surface area contributed by atoms with E-state index in [4.69, 9.17) is 4.74 Å². The van der Waals surface area contributed by atoms with E-state index in [1.165, 1.54) is 30.6 Å². The summed E-state index contributed by atoms with van der Waals surface area (Å²) in [5, 5.41) is 3.56. The van der Waals surface area contributed by atoms with E-state index < -0.39 is 0 Å². The molecule has 1 unspecified atom stereocenters. The second kappa shape index (κ2) is 6.81. The lowest BCUT2D eigenvalue weighted by Crippen LogP contribution is -2.28. The number of ether oxygens (including phenoxy) is 1. The number of carbonyl (C=O) groups is 1. The topological polar surface area (TPSA) is 38.3 Å². The molecule has 1 aliphatic rings. The molecule has 3 nitrogen and oxygen atoms in total. The third-order valence-electron chi connectivity index (χ3n) is 3.19. The Hall–Kier alpha value is -1.00. The summed E-state index contributed by atoms with van der Waals surface area (Å²) in [5.74, 6) is 2.26. The van der Waals surface area contributed by atoms with Crippen LogP contribution in [0.1, 0.15) is 17.5 Å². The van der Waals surface area contributed by atoms with Crippen molar-refractivity contribution >= 4 is 17.7 Å². The monoisotopic (exact) mass is 265 g/mol. The van der Waals surface area contributed by atoms with E-state index in [1.807, 2.05) is 30.0 Å². The minimum Gasteiger partial charge on any atom is -0.469 e. The van der Waals surface area contributed by atoms with Gasteiger partial charge in [-0.15, -0.1) is 0 Å². The van der Waals surface area contributed by atoms with E-state index in [-0.39, 0.29) is 5.97 Å². The third-order valence-corrected chi connectivity index (χ3v) is 4.35. The number of thioether (sulfide) groups is 1. The molecule has 1 aliphatic heterocycles. The molecular weight excluding hydrogens is 246 g/mol. The van der Waals surface area contributed by atoms with Crippen LogP contribution in [0.3, 0.4) is 0 Å². The molecule has 1 N–H and O–H groups in total. The quantitative estimate of drug-likeness (QED) is 0.826. The first-order chi connectivity index (χ1) is 8.79. The average Bonchev–Trinajstić information content (AvgIpc) is 2.91. The maximum atomic E-state index is 11.3. The minimum absolute atomic E-state index is 0.182. The molecule has 0 aromatic heterocycles. The predicted octanol–water partition coefficient (Wildman–Crippen LogP) is 2.00. The summed E-state index contributed by atoms with van der Waals surface area (Å²) in [4.78, 5) is 11.3. The second-order valence-corrected chi connectivity index (χ2v) is 5.61. The molecule has 0 saturated carbocycles. The van der Waals surface area contributed by atoms with Gasteiger partial charge in [-0.05, 0) is 23.3 Å². The summed E-state index contributed by atoms with van der Waals surface area (Å²) in [6.45, 7) is 0.832. The summed E-state index contributed by atoms with van der Waals surface area (Å²) < 4.78 is 4.72. The van der Waals surface area contributed by atoms with Crippen molar-refractivity contribution in [2.45, 2.75) is 25.4 Å². The van der Waals surface area contributed by atoms with Gasteiger partial charge in [-0.1, -0.05) is 24.3 Å². The van der Waals surface area contributed by atoms with E-state index in [2.05, 4.69) is 11.4 Å². The van der Waals surface area contributed by atoms with Crippen LogP contribution in [0.15, 0.2) is 24.3 Å². The summed E-state index contributed by atoms with van der Waals surface area (Å²) in [6, 6.07) is 8.67. The van der Waals surface area contributed by atoms with Crippen molar-refractivity contribution in [3.05, 3.63) is 35.4 Å². The average molecular weight is 265 g/mol. The van der Waals surface area contributed by atoms with Crippen LogP contribution in [0.2, 0.25) is 0 Å². The highest BCUT2D eigenvalue weighted by Gasteiger charge is 2.15. The standard InChI is InChI=1S/C14H19NO2S/c1-17-14(16)8-11-4-2-3-5-12(11)9-15-13-6-7-18-10-13/h2-5,13,15H,6-10H2,1H3. The van der Waals surface area contributed by atoms with Crippen molar-refractivity contribution in [3.63, 3.8) is 0 Å². The molecular formula is C14H19NO2S. The molecule has 1 aromatic carbocycles. The van der Waals surface area contributed by atoms with E-state index in [1.54, 1.807) is 0 Å². The lowest BCUT2D eigenvalue weighted by Gasteiger charge is -2.13. The van der Waals surface area contributed by atoms with E-state index in [0.29, 0.717) is 12.5 Å². The summed E-state index contributed by atoms with van der Waals surface area (Å²) in [7, 11) is 1.43. The summed E-state index contributed by atoms with van der Waals surface area (Å²) >= 11 is 2.00. The Morgan fingerprint density at radius 2 is 2.22 bits per heavy atom. The molecule has 0 amide bonds. The third kappa shape index (κ3) is 3.75. The molecule has 1 fully saturated rings. The fraction of sp³-hybridized carbons (Fsp3) is 0.500. The van der Waals surface area contributed by atoms with Crippen LogP contribution in [-0.4, -0.2) is 30.6 Å². The molecule has 0 bridgehead atoms. The van der Waals surface area contributed by atoms with E-state index in [9.17, 15) is 4.79 Å². The van der Waals surface area contributed by atoms with E-state index in [0.717, 1.165) is 12.1 Å². The Morgan fingerprint density at radius 1 is 1.44 bits per heavy atom. The Labute approximate surface area is 112 Å². The highest BCUT2D eigenvalue weighted by molar-refractivity contribution is 7.99. The van der Waals surface area contributed by atoms with Crippen LogP contribution in [-0.2, 0) is 22.5 Å². The Balaban J connectivity index is 1.95. The Morgan fingerprint density at radius 3 is 2.89 bits per heavy atom. The van der Waals surface area contributed by atoms with Gasteiger partial charge in [-0.2, -0.15) is 11.8 Å². The molecule has 0 spiro atoms. The highest BCUT2D eigenvalue weighted by atomic mass is 32.2. The number of benzene rings is 1. The predicted molar refractivity (Wildman–Crippen MR) is 74.7 cm³/mol. The number of rotatable bonds is 5. The van der Waals surface area contributed by atoms with Gasteiger partial charge in [0.2, 0.25) is 0 Å². The first kappa shape index (κ1) is 13.4. The zero-order valence-electron chi connectivity index (χ0n) is 10.6.